The molecule has 1 aromatic heterocycles. The Morgan fingerprint density at radius 2 is 2.28 bits per heavy atom. The fourth-order valence-electron chi connectivity index (χ4n) is 2.72. The highest BCUT2D eigenvalue weighted by Crippen LogP contribution is 2.33. The van der Waals surface area contributed by atoms with Crippen LogP contribution in [0.4, 0.5) is 0 Å². The Morgan fingerprint density at radius 1 is 1.44 bits per heavy atom. The summed E-state index contributed by atoms with van der Waals surface area (Å²) in [6.45, 7) is 3.42. The summed E-state index contributed by atoms with van der Waals surface area (Å²) in [6.07, 6.45) is 1.68. The molecule has 18 heavy (non-hydrogen) atoms. The van der Waals surface area contributed by atoms with Crippen molar-refractivity contribution in [1.82, 2.24) is 0 Å². The minimum absolute atomic E-state index is 0.260. The standard InChI is InChI=1S/C15H18O2S/c1-15(16,12-6-7-17-9-12)8-11-10-18-14-5-3-2-4-13(11)14/h2-5,10,12,16H,6-9H2,1H3. The maximum atomic E-state index is 10.7. The van der Waals surface area contributed by atoms with Gasteiger partial charge in [-0.25, -0.2) is 0 Å². The highest BCUT2D eigenvalue weighted by molar-refractivity contribution is 7.17. The molecule has 1 saturated heterocycles. The zero-order valence-electron chi connectivity index (χ0n) is 10.6. The predicted octanol–water partition coefficient (Wildman–Crippen LogP) is 3.23. The molecule has 0 radical (unpaired) electrons. The van der Waals surface area contributed by atoms with Gasteiger partial charge in [-0.15, -0.1) is 11.3 Å². The lowest BCUT2D eigenvalue weighted by atomic mass is 9.83. The Hall–Kier alpha value is -0.900. The number of hydrogen-bond acceptors (Lipinski definition) is 3. The maximum Gasteiger partial charge on any atom is 0.0711 e. The minimum atomic E-state index is -0.666. The van der Waals surface area contributed by atoms with Crippen LogP contribution in [-0.4, -0.2) is 23.9 Å². The van der Waals surface area contributed by atoms with Gasteiger partial charge in [-0.1, -0.05) is 18.2 Å². The molecule has 0 bridgehead atoms. The number of fused-ring (bicyclic) bond motifs is 1. The Bertz CT molecular complexity index is 538. The highest BCUT2D eigenvalue weighted by atomic mass is 32.1. The van der Waals surface area contributed by atoms with Gasteiger partial charge in [-0.3, -0.25) is 0 Å². The van der Waals surface area contributed by atoms with Crippen molar-refractivity contribution < 1.29 is 9.84 Å². The molecule has 0 spiro atoms. The lowest BCUT2D eigenvalue weighted by Gasteiger charge is -2.29. The van der Waals surface area contributed by atoms with Crippen molar-refractivity contribution in [3.63, 3.8) is 0 Å². The van der Waals surface area contributed by atoms with Crippen molar-refractivity contribution in [3.05, 3.63) is 35.2 Å². The number of rotatable bonds is 3. The Morgan fingerprint density at radius 3 is 3.06 bits per heavy atom. The molecule has 1 aliphatic rings. The van der Waals surface area contributed by atoms with Crippen molar-refractivity contribution in [2.24, 2.45) is 5.92 Å². The van der Waals surface area contributed by atoms with Crippen LogP contribution in [0.25, 0.3) is 10.1 Å². The lowest BCUT2D eigenvalue weighted by Crippen LogP contribution is -2.37. The average Bonchev–Trinajstić information content (AvgIpc) is 2.99. The van der Waals surface area contributed by atoms with Crippen LogP contribution < -0.4 is 0 Å². The van der Waals surface area contributed by atoms with Gasteiger partial charge < -0.3 is 9.84 Å². The summed E-state index contributed by atoms with van der Waals surface area (Å²) in [5.74, 6) is 0.260. The van der Waals surface area contributed by atoms with Crippen LogP contribution in [0.3, 0.4) is 0 Å². The van der Waals surface area contributed by atoms with E-state index in [1.165, 1.54) is 15.6 Å². The Kier molecular flexibility index (Phi) is 3.14. The molecule has 2 aromatic rings. The highest BCUT2D eigenvalue weighted by Gasteiger charge is 2.35. The third-order valence-corrected chi connectivity index (χ3v) is 4.93. The minimum Gasteiger partial charge on any atom is -0.389 e. The number of ether oxygens (including phenoxy) is 1. The fraction of sp³-hybridized carbons (Fsp3) is 0.467. The zero-order chi connectivity index (χ0) is 12.6. The van der Waals surface area contributed by atoms with E-state index in [1.54, 1.807) is 11.3 Å². The summed E-state index contributed by atoms with van der Waals surface area (Å²) >= 11 is 1.75. The lowest BCUT2D eigenvalue weighted by molar-refractivity contribution is -0.00422. The SMILES string of the molecule is CC(O)(Cc1csc2ccccc12)C1CCOC1. The first-order chi connectivity index (χ1) is 8.67. The smallest absolute Gasteiger partial charge is 0.0711 e. The van der Waals surface area contributed by atoms with Crippen LogP contribution in [0.5, 0.6) is 0 Å². The van der Waals surface area contributed by atoms with E-state index in [2.05, 4.69) is 29.6 Å². The summed E-state index contributed by atoms with van der Waals surface area (Å²) in [5, 5.41) is 14.1. The first kappa shape index (κ1) is 12.2. The molecule has 1 aliphatic heterocycles. The van der Waals surface area contributed by atoms with Gasteiger partial charge in [-0.2, -0.15) is 0 Å². The summed E-state index contributed by atoms with van der Waals surface area (Å²) in [5.41, 5.74) is 0.591. The van der Waals surface area contributed by atoms with Crippen molar-refractivity contribution in [3.8, 4) is 0 Å². The van der Waals surface area contributed by atoms with E-state index in [0.29, 0.717) is 13.0 Å². The van der Waals surface area contributed by atoms with E-state index >= 15 is 0 Å². The molecule has 2 nitrogen and oxygen atoms in total. The average molecular weight is 262 g/mol. The first-order valence-electron chi connectivity index (χ1n) is 6.42. The third-order valence-electron chi connectivity index (χ3n) is 3.92. The van der Waals surface area contributed by atoms with Gasteiger partial charge in [0.05, 0.1) is 12.2 Å². The van der Waals surface area contributed by atoms with Crippen LogP contribution in [0.15, 0.2) is 29.6 Å². The summed E-state index contributed by atoms with van der Waals surface area (Å²) in [6, 6.07) is 8.40. The molecule has 2 heterocycles. The molecule has 96 valence electrons. The van der Waals surface area contributed by atoms with E-state index in [9.17, 15) is 5.11 Å². The second-order valence-electron chi connectivity index (χ2n) is 5.35. The van der Waals surface area contributed by atoms with Crippen LogP contribution in [-0.2, 0) is 11.2 Å². The van der Waals surface area contributed by atoms with Crippen molar-refractivity contribution >= 4 is 21.4 Å². The number of hydrogen-bond donors (Lipinski definition) is 1. The van der Waals surface area contributed by atoms with Crippen molar-refractivity contribution in [2.75, 3.05) is 13.2 Å². The maximum absolute atomic E-state index is 10.7. The van der Waals surface area contributed by atoms with E-state index in [-0.39, 0.29) is 5.92 Å². The molecule has 2 unspecified atom stereocenters. The summed E-state index contributed by atoms with van der Waals surface area (Å²) < 4.78 is 6.69. The van der Waals surface area contributed by atoms with Gasteiger partial charge in [-0.05, 0) is 35.7 Å². The molecule has 0 amide bonds. The summed E-state index contributed by atoms with van der Waals surface area (Å²) in [7, 11) is 0. The van der Waals surface area contributed by atoms with Gasteiger partial charge in [0.2, 0.25) is 0 Å². The molecule has 1 fully saturated rings. The van der Waals surface area contributed by atoms with Crippen molar-refractivity contribution in [2.45, 2.75) is 25.4 Å². The van der Waals surface area contributed by atoms with E-state index < -0.39 is 5.60 Å². The Labute approximate surface area is 111 Å². The fourth-order valence-corrected chi connectivity index (χ4v) is 3.69. The van der Waals surface area contributed by atoms with Crippen LogP contribution in [0, 0.1) is 5.92 Å². The van der Waals surface area contributed by atoms with Crippen LogP contribution >= 0.6 is 11.3 Å². The van der Waals surface area contributed by atoms with Crippen LogP contribution in [0.1, 0.15) is 18.9 Å². The molecule has 1 aromatic carbocycles. The largest absolute Gasteiger partial charge is 0.389 e. The monoisotopic (exact) mass is 262 g/mol. The number of aliphatic hydroxyl groups is 1. The van der Waals surface area contributed by atoms with E-state index in [0.717, 1.165) is 13.0 Å². The van der Waals surface area contributed by atoms with E-state index in [4.69, 9.17) is 4.74 Å². The number of benzene rings is 1. The predicted molar refractivity (Wildman–Crippen MR) is 75.1 cm³/mol. The quantitative estimate of drug-likeness (QED) is 0.920. The normalized spacial score (nSPS) is 23.3. The van der Waals surface area contributed by atoms with Gasteiger partial charge in [0.15, 0.2) is 0 Å². The van der Waals surface area contributed by atoms with Gasteiger partial charge in [0.1, 0.15) is 0 Å². The molecule has 3 rings (SSSR count). The molecular formula is C15H18O2S. The Balaban J connectivity index is 1.87. The molecule has 0 saturated carbocycles. The van der Waals surface area contributed by atoms with Gasteiger partial charge >= 0.3 is 0 Å². The summed E-state index contributed by atoms with van der Waals surface area (Å²) in [4.78, 5) is 0. The van der Waals surface area contributed by atoms with Crippen molar-refractivity contribution in [1.29, 1.82) is 0 Å². The molecule has 2 atom stereocenters. The molecule has 1 N–H and O–H groups in total. The molecule has 3 heteroatoms. The molecular weight excluding hydrogens is 244 g/mol. The third kappa shape index (κ3) is 2.18. The van der Waals surface area contributed by atoms with Crippen LogP contribution in [0.2, 0.25) is 0 Å². The number of thiophene rings is 1. The van der Waals surface area contributed by atoms with E-state index in [1.807, 2.05) is 6.92 Å². The zero-order valence-corrected chi connectivity index (χ0v) is 11.4. The first-order valence-corrected chi connectivity index (χ1v) is 7.30. The second kappa shape index (κ2) is 4.65. The molecule has 0 aliphatic carbocycles. The topological polar surface area (TPSA) is 29.5 Å². The second-order valence-corrected chi connectivity index (χ2v) is 6.26. The van der Waals surface area contributed by atoms with Gasteiger partial charge in [0.25, 0.3) is 0 Å². The van der Waals surface area contributed by atoms with Gasteiger partial charge in [0, 0.05) is 23.6 Å².